The molecule has 2 aromatic carbocycles. The topological polar surface area (TPSA) is 30.5 Å². The summed E-state index contributed by atoms with van der Waals surface area (Å²) in [6, 6.07) is 15.8. The molecule has 1 aliphatic carbocycles. The SMILES string of the molecule is CCCC1c2ccccc2CC1NCCOSc1cccc2c1OCCC2. The monoisotopic (exact) mass is 383 g/mol. The first kappa shape index (κ1) is 18.9. The molecule has 0 saturated heterocycles. The van der Waals surface area contributed by atoms with Crippen LogP contribution in [0, 0.1) is 0 Å². The van der Waals surface area contributed by atoms with Gasteiger partial charge in [0.2, 0.25) is 0 Å². The van der Waals surface area contributed by atoms with Gasteiger partial charge in [0.05, 0.1) is 18.1 Å². The second kappa shape index (κ2) is 9.13. The second-order valence-corrected chi connectivity index (χ2v) is 8.30. The Balaban J connectivity index is 1.26. The Morgan fingerprint density at radius 2 is 2.04 bits per heavy atom. The number of rotatable bonds is 8. The van der Waals surface area contributed by atoms with Gasteiger partial charge in [-0.2, -0.15) is 0 Å². The summed E-state index contributed by atoms with van der Waals surface area (Å²) in [4.78, 5) is 1.10. The van der Waals surface area contributed by atoms with Crippen LogP contribution in [0.4, 0.5) is 0 Å². The van der Waals surface area contributed by atoms with Gasteiger partial charge in [0.25, 0.3) is 0 Å². The number of para-hydroxylation sites is 1. The van der Waals surface area contributed by atoms with Crippen LogP contribution in [0.25, 0.3) is 0 Å². The quantitative estimate of drug-likeness (QED) is 0.505. The summed E-state index contributed by atoms with van der Waals surface area (Å²) in [6.07, 6.45) is 5.81. The standard InChI is InChI=1S/C23H29NO2S/c1-2-7-20-19-11-4-3-8-18(19)16-21(20)24-13-15-26-27-22-12-5-9-17-10-6-14-25-23(17)22/h3-5,8-9,11-12,20-21,24H,2,6-7,10,13-16H2,1H3. The molecule has 0 spiro atoms. The lowest BCUT2D eigenvalue weighted by molar-refractivity contribution is 0.279. The van der Waals surface area contributed by atoms with E-state index < -0.39 is 0 Å². The van der Waals surface area contributed by atoms with Crippen molar-refractivity contribution in [2.75, 3.05) is 19.8 Å². The maximum Gasteiger partial charge on any atom is 0.138 e. The molecule has 2 aliphatic rings. The zero-order valence-electron chi connectivity index (χ0n) is 16.1. The number of hydrogen-bond acceptors (Lipinski definition) is 4. The van der Waals surface area contributed by atoms with Crippen molar-refractivity contribution in [1.29, 1.82) is 0 Å². The molecule has 2 aromatic rings. The Kier molecular flexibility index (Phi) is 6.38. The molecule has 4 heteroatoms. The molecule has 1 N–H and O–H groups in total. The average Bonchev–Trinajstić information content (AvgIpc) is 3.06. The third-order valence-electron chi connectivity index (χ3n) is 5.62. The summed E-state index contributed by atoms with van der Waals surface area (Å²) in [5.41, 5.74) is 4.36. The first-order chi connectivity index (χ1) is 13.4. The smallest absolute Gasteiger partial charge is 0.138 e. The highest BCUT2D eigenvalue weighted by atomic mass is 32.2. The Bertz CT molecular complexity index is 764. The number of nitrogens with one attached hydrogen (secondary N) is 1. The predicted octanol–water partition coefficient (Wildman–Crippen LogP) is 5.13. The summed E-state index contributed by atoms with van der Waals surface area (Å²) in [6.45, 7) is 4.66. The van der Waals surface area contributed by atoms with Gasteiger partial charge in [-0.05, 0) is 54.4 Å². The van der Waals surface area contributed by atoms with E-state index in [1.54, 1.807) is 5.56 Å². The minimum absolute atomic E-state index is 0.531. The fourth-order valence-corrected chi connectivity index (χ4v) is 5.07. The molecule has 4 rings (SSSR count). The van der Waals surface area contributed by atoms with Crippen LogP contribution in [-0.4, -0.2) is 25.8 Å². The van der Waals surface area contributed by atoms with Crippen LogP contribution in [0.1, 0.15) is 48.8 Å². The molecule has 3 nitrogen and oxygen atoms in total. The number of hydrogen-bond donors (Lipinski definition) is 1. The van der Waals surface area contributed by atoms with Gasteiger partial charge in [0.15, 0.2) is 0 Å². The molecule has 0 aromatic heterocycles. The number of aryl methyl sites for hydroxylation is 1. The maximum atomic E-state index is 5.89. The van der Waals surface area contributed by atoms with Crippen LogP contribution in [0.5, 0.6) is 5.75 Å². The van der Waals surface area contributed by atoms with Gasteiger partial charge < -0.3 is 14.2 Å². The number of ether oxygens (including phenoxy) is 1. The summed E-state index contributed by atoms with van der Waals surface area (Å²) < 4.78 is 11.7. The van der Waals surface area contributed by atoms with Crippen molar-refractivity contribution in [2.45, 2.75) is 55.9 Å². The van der Waals surface area contributed by atoms with E-state index in [1.807, 2.05) is 0 Å². The highest BCUT2D eigenvalue weighted by Gasteiger charge is 2.30. The molecular weight excluding hydrogens is 354 g/mol. The number of benzene rings is 2. The third kappa shape index (κ3) is 4.34. The second-order valence-electron chi connectivity index (χ2n) is 7.46. The minimum atomic E-state index is 0.531. The molecule has 0 radical (unpaired) electrons. The molecule has 0 saturated carbocycles. The van der Waals surface area contributed by atoms with Crippen LogP contribution in [-0.2, 0) is 17.0 Å². The lowest BCUT2D eigenvalue weighted by atomic mass is 9.93. The Morgan fingerprint density at radius 1 is 1.15 bits per heavy atom. The van der Waals surface area contributed by atoms with E-state index in [-0.39, 0.29) is 0 Å². The van der Waals surface area contributed by atoms with E-state index in [0.717, 1.165) is 43.1 Å². The molecule has 0 fully saturated rings. The van der Waals surface area contributed by atoms with E-state index in [4.69, 9.17) is 8.92 Å². The lowest BCUT2D eigenvalue weighted by Crippen LogP contribution is -2.35. The Hall–Kier alpha value is -1.49. The summed E-state index contributed by atoms with van der Waals surface area (Å²) in [5, 5.41) is 3.74. The average molecular weight is 384 g/mol. The van der Waals surface area contributed by atoms with E-state index >= 15 is 0 Å². The first-order valence-corrected chi connectivity index (χ1v) is 11.0. The van der Waals surface area contributed by atoms with Crippen molar-refractivity contribution in [3.8, 4) is 5.75 Å². The lowest BCUT2D eigenvalue weighted by Gasteiger charge is -2.22. The highest BCUT2D eigenvalue weighted by Crippen LogP contribution is 2.37. The summed E-state index contributed by atoms with van der Waals surface area (Å²) in [7, 11) is 0. The molecule has 2 atom stereocenters. The van der Waals surface area contributed by atoms with E-state index in [1.165, 1.54) is 36.0 Å². The normalized spacial score (nSPS) is 20.8. The molecular formula is C23H29NO2S. The Morgan fingerprint density at radius 3 is 2.96 bits per heavy atom. The summed E-state index contributed by atoms with van der Waals surface area (Å²) in [5.74, 6) is 1.66. The zero-order chi connectivity index (χ0) is 18.5. The van der Waals surface area contributed by atoms with Gasteiger partial charge in [0, 0.05) is 24.6 Å². The molecule has 2 unspecified atom stereocenters. The van der Waals surface area contributed by atoms with E-state index in [9.17, 15) is 0 Å². The van der Waals surface area contributed by atoms with Crippen LogP contribution in [0.15, 0.2) is 47.4 Å². The largest absolute Gasteiger partial charge is 0.492 e. The predicted molar refractivity (Wildman–Crippen MR) is 112 cm³/mol. The minimum Gasteiger partial charge on any atom is -0.492 e. The Labute approximate surface area is 167 Å². The zero-order valence-corrected chi connectivity index (χ0v) is 16.9. The highest BCUT2D eigenvalue weighted by molar-refractivity contribution is 7.94. The van der Waals surface area contributed by atoms with E-state index in [0.29, 0.717) is 18.6 Å². The molecule has 1 aliphatic heterocycles. The van der Waals surface area contributed by atoms with Crippen molar-refractivity contribution in [1.82, 2.24) is 5.32 Å². The molecule has 27 heavy (non-hydrogen) atoms. The number of fused-ring (bicyclic) bond motifs is 2. The molecule has 0 bridgehead atoms. The molecule has 0 amide bonds. The fourth-order valence-electron chi connectivity index (χ4n) is 4.38. The van der Waals surface area contributed by atoms with Crippen molar-refractivity contribution in [3.63, 3.8) is 0 Å². The fraction of sp³-hybridized carbons (Fsp3) is 0.478. The van der Waals surface area contributed by atoms with Crippen molar-refractivity contribution in [3.05, 3.63) is 59.2 Å². The van der Waals surface area contributed by atoms with Crippen LogP contribution < -0.4 is 10.1 Å². The van der Waals surface area contributed by atoms with Crippen molar-refractivity contribution in [2.24, 2.45) is 0 Å². The van der Waals surface area contributed by atoms with Crippen LogP contribution in [0.2, 0.25) is 0 Å². The van der Waals surface area contributed by atoms with Gasteiger partial charge in [-0.1, -0.05) is 49.7 Å². The van der Waals surface area contributed by atoms with Gasteiger partial charge >= 0.3 is 0 Å². The van der Waals surface area contributed by atoms with Gasteiger partial charge in [0.1, 0.15) is 5.75 Å². The van der Waals surface area contributed by atoms with Gasteiger partial charge in [-0.15, -0.1) is 0 Å². The molecule has 1 heterocycles. The van der Waals surface area contributed by atoms with Crippen LogP contribution >= 0.6 is 12.0 Å². The van der Waals surface area contributed by atoms with Gasteiger partial charge in [-0.25, -0.2) is 0 Å². The maximum absolute atomic E-state index is 5.89. The van der Waals surface area contributed by atoms with E-state index in [2.05, 4.69) is 54.7 Å². The van der Waals surface area contributed by atoms with Gasteiger partial charge in [-0.3, -0.25) is 0 Å². The van der Waals surface area contributed by atoms with Crippen LogP contribution in [0.3, 0.4) is 0 Å². The van der Waals surface area contributed by atoms with Crippen molar-refractivity contribution >= 4 is 12.0 Å². The summed E-state index contributed by atoms with van der Waals surface area (Å²) >= 11 is 1.45. The first-order valence-electron chi connectivity index (χ1n) is 10.2. The van der Waals surface area contributed by atoms with Crippen molar-refractivity contribution < 1.29 is 8.92 Å². The third-order valence-corrected chi connectivity index (χ3v) is 6.40. The molecule has 144 valence electrons.